The first-order chi connectivity index (χ1) is 13.5. The van der Waals surface area contributed by atoms with Gasteiger partial charge in [-0.1, -0.05) is 30.7 Å². The van der Waals surface area contributed by atoms with E-state index in [2.05, 4.69) is 42.3 Å². The maximum atomic E-state index is 12.9. The molecule has 1 saturated carbocycles. The van der Waals surface area contributed by atoms with Crippen molar-refractivity contribution < 1.29 is 9.53 Å². The maximum Gasteiger partial charge on any atom is 0.228 e. The third kappa shape index (κ3) is 3.62. The van der Waals surface area contributed by atoms with Gasteiger partial charge in [-0.05, 0) is 68.7 Å². The number of hydrogen-bond donors (Lipinski definition) is 1. The van der Waals surface area contributed by atoms with Gasteiger partial charge in [-0.15, -0.1) is 0 Å². The zero-order valence-electron chi connectivity index (χ0n) is 16.5. The molecule has 0 saturated heterocycles. The first-order valence-corrected chi connectivity index (χ1v) is 10.5. The molecule has 5 heteroatoms. The maximum absolute atomic E-state index is 12.9. The van der Waals surface area contributed by atoms with Gasteiger partial charge in [0, 0.05) is 23.1 Å². The Bertz CT molecular complexity index is 857. The van der Waals surface area contributed by atoms with Gasteiger partial charge in [0.2, 0.25) is 5.91 Å². The zero-order valence-corrected chi connectivity index (χ0v) is 17.3. The molecule has 0 unspecified atom stereocenters. The summed E-state index contributed by atoms with van der Waals surface area (Å²) < 4.78 is 6.03. The lowest BCUT2D eigenvalue weighted by molar-refractivity contribution is -0.122. The highest BCUT2D eigenvalue weighted by molar-refractivity contribution is 6.30. The van der Waals surface area contributed by atoms with Crippen molar-refractivity contribution in [2.24, 2.45) is 11.8 Å². The normalized spacial score (nSPS) is 24.5. The van der Waals surface area contributed by atoms with E-state index in [9.17, 15) is 4.79 Å². The molecule has 4 rings (SSSR count). The number of fused-ring (bicyclic) bond motifs is 2. The van der Waals surface area contributed by atoms with E-state index in [1.54, 1.807) is 18.3 Å². The van der Waals surface area contributed by atoms with E-state index < -0.39 is 0 Å². The Labute approximate surface area is 171 Å². The van der Waals surface area contributed by atoms with E-state index >= 15 is 0 Å². The number of ether oxygens (including phenoxy) is 1. The highest BCUT2D eigenvalue weighted by Gasteiger charge is 2.45. The third-order valence-corrected chi connectivity index (χ3v) is 6.75. The number of aryl methyl sites for hydroxylation is 1. The smallest absolute Gasteiger partial charge is 0.228 e. The van der Waals surface area contributed by atoms with Crippen LogP contribution in [0.2, 0.25) is 5.02 Å². The minimum absolute atomic E-state index is 0.00892. The van der Waals surface area contributed by atoms with Gasteiger partial charge in [0.1, 0.15) is 11.6 Å². The van der Waals surface area contributed by atoms with Gasteiger partial charge >= 0.3 is 0 Å². The van der Waals surface area contributed by atoms with E-state index in [0.29, 0.717) is 16.8 Å². The Hall–Kier alpha value is -2.07. The number of carbonyl (C=O) groups excluding carboxylic acids is 1. The van der Waals surface area contributed by atoms with Crippen LogP contribution in [0.3, 0.4) is 0 Å². The van der Waals surface area contributed by atoms with Crippen molar-refractivity contribution in [2.45, 2.75) is 51.4 Å². The molecule has 1 spiro atoms. The van der Waals surface area contributed by atoms with E-state index in [-0.39, 0.29) is 17.2 Å². The van der Waals surface area contributed by atoms with Crippen LogP contribution in [-0.2, 0) is 10.2 Å². The molecule has 0 bridgehead atoms. The summed E-state index contributed by atoms with van der Waals surface area (Å²) in [5.41, 5.74) is 2.73. The lowest BCUT2D eigenvalue weighted by Crippen LogP contribution is -2.38. The predicted molar refractivity (Wildman–Crippen MR) is 112 cm³/mol. The lowest BCUT2D eigenvalue weighted by Gasteiger charge is -2.38. The van der Waals surface area contributed by atoms with Gasteiger partial charge in [-0.25, -0.2) is 4.98 Å². The number of nitrogens with one attached hydrogen (secondary N) is 1. The number of rotatable bonds is 4. The number of hydrogen-bond acceptors (Lipinski definition) is 3. The number of pyridine rings is 1. The number of anilines is 1. The van der Waals surface area contributed by atoms with Crippen LogP contribution in [0.5, 0.6) is 5.75 Å². The Kier molecular flexibility index (Phi) is 5.33. The molecule has 28 heavy (non-hydrogen) atoms. The molecule has 148 valence electrons. The summed E-state index contributed by atoms with van der Waals surface area (Å²) >= 11 is 5.88. The number of halogens is 1. The van der Waals surface area contributed by atoms with Crippen LogP contribution in [0.1, 0.15) is 50.2 Å². The van der Waals surface area contributed by atoms with Crippen LogP contribution < -0.4 is 10.1 Å². The Morgan fingerprint density at radius 2 is 2.11 bits per heavy atom. The molecule has 2 aliphatic rings. The van der Waals surface area contributed by atoms with Crippen molar-refractivity contribution in [1.29, 1.82) is 0 Å². The Balaban J connectivity index is 1.42. The molecule has 2 aromatic rings. The largest absolute Gasteiger partial charge is 0.492 e. The summed E-state index contributed by atoms with van der Waals surface area (Å²) in [4.78, 5) is 17.1. The highest BCUT2D eigenvalue weighted by atomic mass is 35.5. The second kappa shape index (κ2) is 7.75. The number of benzene rings is 1. The number of carbonyl (C=O) groups is 1. The fourth-order valence-corrected chi connectivity index (χ4v) is 5.00. The molecule has 1 aromatic heterocycles. The molecule has 1 atom stereocenters. The van der Waals surface area contributed by atoms with Gasteiger partial charge < -0.3 is 10.1 Å². The van der Waals surface area contributed by atoms with Gasteiger partial charge in [0.15, 0.2) is 0 Å². The third-order valence-electron chi connectivity index (χ3n) is 6.52. The summed E-state index contributed by atoms with van der Waals surface area (Å²) in [6.45, 7) is 4.97. The molecule has 1 aliphatic heterocycles. The lowest BCUT2D eigenvalue weighted by atomic mass is 9.65. The summed E-state index contributed by atoms with van der Waals surface area (Å²) in [6, 6.07) is 10.1. The average molecular weight is 399 g/mol. The molecule has 1 amide bonds. The Morgan fingerprint density at radius 1 is 1.32 bits per heavy atom. The number of nitrogens with zero attached hydrogens (tertiary/aromatic N) is 1. The fraction of sp³-hybridized carbons (Fsp3) is 0.478. The quantitative estimate of drug-likeness (QED) is 0.736. The average Bonchev–Trinajstić information content (AvgIpc) is 3.03. The van der Waals surface area contributed by atoms with Crippen LogP contribution in [0.15, 0.2) is 36.5 Å². The first-order valence-electron chi connectivity index (χ1n) is 10.2. The van der Waals surface area contributed by atoms with E-state index in [4.69, 9.17) is 16.3 Å². The predicted octanol–water partition coefficient (Wildman–Crippen LogP) is 5.53. The molecule has 2 heterocycles. The number of aromatic nitrogens is 1. The molecule has 1 N–H and O–H groups in total. The summed E-state index contributed by atoms with van der Waals surface area (Å²) in [6.07, 6.45) is 6.66. The monoisotopic (exact) mass is 398 g/mol. The topological polar surface area (TPSA) is 51.2 Å². The van der Waals surface area contributed by atoms with Gasteiger partial charge in [-0.3, -0.25) is 4.79 Å². The molecular weight excluding hydrogens is 372 g/mol. The van der Waals surface area contributed by atoms with Gasteiger partial charge in [0.25, 0.3) is 0 Å². The Morgan fingerprint density at radius 3 is 2.79 bits per heavy atom. The zero-order chi connectivity index (χ0) is 19.7. The summed E-state index contributed by atoms with van der Waals surface area (Å²) in [5, 5.41) is 3.53. The van der Waals surface area contributed by atoms with Crippen molar-refractivity contribution in [3.05, 3.63) is 52.7 Å². The minimum atomic E-state index is 0.00892. The van der Waals surface area contributed by atoms with E-state index in [1.807, 2.05) is 0 Å². The standard InChI is InChI=1S/C23H27ClN2O2/c1-3-18(22(27)26-21-7-5-17(24)13-25-21)16-8-10-23(11-9-16)14-28-20-12-15(2)4-6-19(20)23/h4-7,12-13,16,18H,3,8-11,14H2,1-2H3,(H,25,26,27)/t16?,18-,23?/m1/s1. The van der Waals surface area contributed by atoms with Crippen LogP contribution >= 0.6 is 11.6 Å². The molecule has 4 nitrogen and oxygen atoms in total. The second-order valence-electron chi connectivity index (χ2n) is 8.27. The highest BCUT2D eigenvalue weighted by Crippen LogP contribution is 2.50. The molecule has 1 aromatic carbocycles. The van der Waals surface area contributed by atoms with Crippen LogP contribution in [0, 0.1) is 18.8 Å². The van der Waals surface area contributed by atoms with Crippen molar-refractivity contribution >= 4 is 23.3 Å². The van der Waals surface area contributed by atoms with E-state index in [0.717, 1.165) is 44.5 Å². The van der Waals surface area contributed by atoms with Crippen molar-refractivity contribution in [3.8, 4) is 5.75 Å². The van der Waals surface area contributed by atoms with Gasteiger partial charge in [0.05, 0.1) is 11.6 Å². The molecule has 0 radical (unpaired) electrons. The van der Waals surface area contributed by atoms with Crippen molar-refractivity contribution in [1.82, 2.24) is 4.98 Å². The SMILES string of the molecule is CC[C@@H](C(=O)Nc1ccc(Cl)cn1)C1CCC2(CC1)COc1cc(C)ccc12. The molecular formula is C23H27ClN2O2. The van der Waals surface area contributed by atoms with Crippen LogP contribution in [-0.4, -0.2) is 17.5 Å². The fourth-order valence-electron chi connectivity index (χ4n) is 4.89. The second-order valence-corrected chi connectivity index (χ2v) is 8.71. The van der Waals surface area contributed by atoms with Crippen molar-refractivity contribution in [2.75, 3.05) is 11.9 Å². The summed E-state index contributed by atoms with van der Waals surface area (Å²) in [5.74, 6) is 2.09. The minimum Gasteiger partial charge on any atom is -0.492 e. The van der Waals surface area contributed by atoms with Gasteiger partial charge in [-0.2, -0.15) is 0 Å². The molecule has 1 fully saturated rings. The van der Waals surface area contributed by atoms with E-state index in [1.165, 1.54) is 11.1 Å². The number of amides is 1. The molecule has 1 aliphatic carbocycles. The summed E-state index contributed by atoms with van der Waals surface area (Å²) in [7, 11) is 0. The first kappa shape index (κ1) is 19.3. The van der Waals surface area contributed by atoms with Crippen LogP contribution in [0.25, 0.3) is 0 Å². The van der Waals surface area contributed by atoms with Crippen LogP contribution in [0.4, 0.5) is 5.82 Å². The van der Waals surface area contributed by atoms with Crippen molar-refractivity contribution in [3.63, 3.8) is 0 Å².